The van der Waals surface area contributed by atoms with Crippen LogP contribution in [0.4, 0.5) is 5.69 Å². The maximum Gasteiger partial charge on any atom is 0.314 e. The summed E-state index contributed by atoms with van der Waals surface area (Å²) in [5, 5.41) is 0. The number of carbonyl (C=O) groups excluding carboxylic acids is 1. The van der Waals surface area contributed by atoms with Gasteiger partial charge in [-0.15, -0.1) is 0 Å². The summed E-state index contributed by atoms with van der Waals surface area (Å²) in [6.45, 7) is 0. The van der Waals surface area contributed by atoms with Crippen LogP contribution in [0.5, 0.6) is 0 Å². The Morgan fingerprint density at radius 2 is 2.33 bits per heavy atom. The lowest BCUT2D eigenvalue weighted by molar-refractivity contribution is -0.136. The van der Waals surface area contributed by atoms with Crippen molar-refractivity contribution < 1.29 is 9.53 Å². The molecule has 0 aliphatic carbocycles. The molecule has 1 radical (unpaired) electrons. The minimum absolute atomic E-state index is 0.374. The molecular formula is C9H10NO2. The van der Waals surface area contributed by atoms with E-state index in [0.29, 0.717) is 5.69 Å². The minimum Gasteiger partial charge on any atom is -0.469 e. The summed E-state index contributed by atoms with van der Waals surface area (Å²) in [6.07, 6.45) is 1.39. The Labute approximate surface area is 71.1 Å². The molecule has 0 atom stereocenters. The first-order valence-electron chi connectivity index (χ1n) is 3.50. The average Bonchev–Trinajstić information content (AvgIpc) is 2.04. The van der Waals surface area contributed by atoms with Gasteiger partial charge in [0.25, 0.3) is 0 Å². The Balaban J connectivity index is 2.69. The van der Waals surface area contributed by atoms with E-state index < -0.39 is 0 Å². The number of hydrogen-bond acceptors (Lipinski definition) is 3. The molecule has 0 spiro atoms. The molecule has 0 heterocycles. The van der Waals surface area contributed by atoms with E-state index in [4.69, 9.17) is 5.73 Å². The van der Waals surface area contributed by atoms with E-state index in [9.17, 15) is 4.79 Å². The number of rotatable bonds is 2. The zero-order valence-electron chi connectivity index (χ0n) is 6.78. The van der Waals surface area contributed by atoms with E-state index in [1.54, 1.807) is 24.3 Å². The summed E-state index contributed by atoms with van der Waals surface area (Å²) in [4.78, 5) is 10.8. The van der Waals surface area contributed by atoms with E-state index >= 15 is 0 Å². The Morgan fingerprint density at radius 3 is 2.92 bits per heavy atom. The van der Waals surface area contributed by atoms with Gasteiger partial charge < -0.3 is 10.5 Å². The van der Waals surface area contributed by atoms with E-state index in [2.05, 4.69) is 4.74 Å². The van der Waals surface area contributed by atoms with Crippen molar-refractivity contribution in [3.05, 3.63) is 36.2 Å². The van der Waals surface area contributed by atoms with Crippen LogP contribution >= 0.6 is 0 Å². The van der Waals surface area contributed by atoms with Gasteiger partial charge in [-0.1, -0.05) is 12.1 Å². The zero-order valence-corrected chi connectivity index (χ0v) is 6.78. The standard InChI is InChI=1S/C9H10NO2/c1-12-9(11)6-7-3-2-4-8(10)5-7/h2-6H,10H2,1H3. The van der Waals surface area contributed by atoms with E-state index in [-0.39, 0.29) is 5.97 Å². The topological polar surface area (TPSA) is 52.3 Å². The van der Waals surface area contributed by atoms with E-state index in [0.717, 1.165) is 5.56 Å². The lowest BCUT2D eigenvalue weighted by Crippen LogP contribution is -2.01. The van der Waals surface area contributed by atoms with Crippen LogP contribution in [0.1, 0.15) is 5.56 Å². The smallest absolute Gasteiger partial charge is 0.314 e. The van der Waals surface area contributed by atoms with Crippen LogP contribution in [-0.2, 0) is 9.53 Å². The Kier molecular flexibility index (Phi) is 2.69. The fraction of sp³-hybridized carbons (Fsp3) is 0.111. The number of nitrogen functional groups attached to an aromatic ring is 1. The van der Waals surface area contributed by atoms with Crippen LogP contribution in [0, 0.1) is 6.42 Å². The largest absolute Gasteiger partial charge is 0.469 e. The van der Waals surface area contributed by atoms with Gasteiger partial charge in [-0.05, 0) is 17.7 Å². The monoisotopic (exact) mass is 164 g/mol. The van der Waals surface area contributed by atoms with Gasteiger partial charge in [0, 0.05) is 5.69 Å². The van der Waals surface area contributed by atoms with Crippen LogP contribution in [0.2, 0.25) is 0 Å². The van der Waals surface area contributed by atoms with Crippen molar-refractivity contribution >= 4 is 11.7 Å². The number of ether oxygens (including phenoxy) is 1. The summed E-state index contributed by atoms with van der Waals surface area (Å²) >= 11 is 0. The molecule has 0 aliphatic heterocycles. The Bertz CT molecular complexity index is 284. The number of esters is 1. The highest BCUT2D eigenvalue weighted by molar-refractivity contribution is 5.83. The van der Waals surface area contributed by atoms with Gasteiger partial charge in [0.1, 0.15) is 0 Å². The first kappa shape index (κ1) is 8.59. The van der Waals surface area contributed by atoms with Gasteiger partial charge in [-0.25, -0.2) is 0 Å². The fourth-order valence-corrected chi connectivity index (χ4v) is 0.844. The summed E-state index contributed by atoms with van der Waals surface area (Å²) in [5.74, 6) is -0.374. The first-order chi connectivity index (χ1) is 5.72. The van der Waals surface area contributed by atoms with Gasteiger partial charge in [-0.2, -0.15) is 0 Å². The van der Waals surface area contributed by atoms with Gasteiger partial charge in [-0.3, -0.25) is 4.79 Å². The quantitative estimate of drug-likeness (QED) is 0.524. The second-order valence-electron chi connectivity index (χ2n) is 2.34. The van der Waals surface area contributed by atoms with E-state index in [1.807, 2.05) is 0 Å². The molecule has 0 aromatic heterocycles. The molecule has 0 aliphatic rings. The summed E-state index contributed by atoms with van der Waals surface area (Å²) in [7, 11) is 1.34. The third-order valence-corrected chi connectivity index (χ3v) is 1.40. The average molecular weight is 164 g/mol. The normalized spacial score (nSPS) is 9.42. The van der Waals surface area contributed by atoms with Crippen molar-refractivity contribution in [3.8, 4) is 0 Å². The van der Waals surface area contributed by atoms with Gasteiger partial charge in [0.05, 0.1) is 13.5 Å². The molecule has 0 bridgehead atoms. The molecule has 63 valence electrons. The van der Waals surface area contributed by atoms with Gasteiger partial charge in [0.2, 0.25) is 0 Å². The predicted molar refractivity (Wildman–Crippen MR) is 46.3 cm³/mol. The molecule has 12 heavy (non-hydrogen) atoms. The van der Waals surface area contributed by atoms with Crippen molar-refractivity contribution in [1.82, 2.24) is 0 Å². The van der Waals surface area contributed by atoms with Crippen LogP contribution < -0.4 is 5.73 Å². The number of nitrogens with two attached hydrogens (primary N) is 1. The maximum absolute atomic E-state index is 10.8. The molecule has 3 heteroatoms. The van der Waals surface area contributed by atoms with Crippen LogP contribution in [0.15, 0.2) is 24.3 Å². The predicted octanol–water partition coefficient (Wildman–Crippen LogP) is 0.994. The second-order valence-corrected chi connectivity index (χ2v) is 2.34. The Morgan fingerprint density at radius 1 is 1.58 bits per heavy atom. The number of benzene rings is 1. The highest BCUT2D eigenvalue weighted by Gasteiger charge is 2.02. The van der Waals surface area contributed by atoms with E-state index in [1.165, 1.54) is 13.5 Å². The highest BCUT2D eigenvalue weighted by atomic mass is 16.5. The molecule has 0 fully saturated rings. The lowest BCUT2D eigenvalue weighted by atomic mass is 10.1. The lowest BCUT2D eigenvalue weighted by Gasteiger charge is -1.99. The summed E-state index contributed by atoms with van der Waals surface area (Å²) in [6, 6.07) is 7.03. The van der Waals surface area contributed by atoms with Gasteiger partial charge in [0.15, 0.2) is 0 Å². The molecule has 3 nitrogen and oxygen atoms in total. The highest BCUT2D eigenvalue weighted by Crippen LogP contribution is 2.08. The number of anilines is 1. The molecule has 0 unspecified atom stereocenters. The van der Waals surface area contributed by atoms with Crippen LogP contribution in [0.25, 0.3) is 0 Å². The van der Waals surface area contributed by atoms with Crippen molar-refractivity contribution in [1.29, 1.82) is 0 Å². The zero-order chi connectivity index (χ0) is 8.97. The molecular weight excluding hydrogens is 154 g/mol. The minimum atomic E-state index is -0.374. The molecule has 0 amide bonds. The van der Waals surface area contributed by atoms with Crippen molar-refractivity contribution in [2.24, 2.45) is 0 Å². The summed E-state index contributed by atoms with van der Waals surface area (Å²) in [5.41, 5.74) is 6.89. The third-order valence-electron chi connectivity index (χ3n) is 1.40. The first-order valence-corrected chi connectivity index (χ1v) is 3.50. The van der Waals surface area contributed by atoms with Crippen molar-refractivity contribution in [2.75, 3.05) is 12.8 Å². The van der Waals surface area contributed by atoms with Crippen LogP contribution in [-0.4, -0.2) is 13.1 Å². The van der Waals surface area contributed by atoms with Crippen LogP contribution in [0.3, 0.4) is 0 Å². The molecule has 1 rings (SSSR count). The third kappa shape index (κ3) is 2.27. The molecule has 1 aromatic rings. The second kappa shape index (κ2) is 3.76. The SMILES string of the molecule is COC(=O)[CH]c1cccc(N)c1. The molecule has 0 saturated carbocycles. The fourth-order valence-electron chi connectivity index (χ4n) is 0.844. The molecule has 0 saturated heterocycles. The van der Waals surface area contributed by atoms with Crippen molar-refractivity contribution in [3.63, 3.8) is 0 Å². The molecule has 2 N–H and O–H groups in total. The van der Waals surface area contributed by atoms with Crippen molar-refractivity contribution in [2.45, 2.75) is 0 Å². The Hall–Kier alpha value is -1.51. The van der Waals surface area contributed by atoms with Gasteiger partial charge >= 0.3 is 5.97 Å². The number of hydrogen-bond donors (Lipinski definition) is 1. The molecule has 1 aromatic carbocycles. The number of carbonyl (C=O) groups is 1. The summed E-state index contributed by atoms with van der Waals surface area (Å²) < 4.78 is 4.46. The maximum atomic E-state index is 10.8. The number of methoxy groups -OCH3 is 1.